The predicted octanol–water partition coefficient (Wildman–Crippen LogP) is 2.85. The maximum absolute atomic E-state index is 10.1. The average molecular weight is 253 g/mol. The zero-order chi connectivity index (χ0) is 10.2. The van der Waals surface area contributed by atoms with E-state index in [1.54, 1.807) is 6.08 Å². The molecule has 0 heterocycles. The van der Waals surface area contributed by atoms with Crippen molar-refractivity contribution in [1.82, 2.24) is 0 Å². The fourth-order valence-corrected chi connectivity index (χ4v) is 2.35. The molecule has 1 unspecified atom stereocenters. The van der Waals surface area contributed by atoms with Crippen LogP contribution in [0.15, 0.2) is 35.3 Å². The summed E-state index contributed by atoms with van der Waals surface area (Å²) >= 11 is 3.45. The fraction of sp³-hybridized carbons (Fsp3) is 0.333. The number of aliphatic hydroxyl groups is 1. The number of rotatable bonds is 1. The highest BCUT2D eigenvalue weighted by molar-refractivity contribution is 9.10. The molecule has 1 aromatic rings. The van der Waals surface area contributed by atoms with Gasteiger partial charge in [-0.1, -0.05) is 28.1 Å². The van der Waals surface area contributed by atoms with E-state index in [-0.39, 0.29) is 0 Å². The molecule has 74 valence electrons. The predicted molar refractivity (Wildman–Crippen MR) is 61.3 cm³/mol. The van der Waals surface area contributed by atoms with Crippen LogP contribution in [-0.4, -0.2) is 10.7 Å². The maximum atomic E-state index is 10.1. The number of halogens is 1. The Bertz CT molecular complexity index is 373. The van der Waals surface area contributed by atoms with Crippen LogP contribution in [0.3, 0.4) is 0 Å². The Morgan fingerprint density at radius 3 is 2.93 bits per heavy atom. The number of aryl methyl sites for hydroxylation is 1. The summed E-state index contributed by atoms with van der Waals surface area (Å²) in [7, 11) is 0. The summed E-state index contributed by atoms with van der Waals surface area (Å²) in [6.07, 6.45) is 4.06. The minimum Gasteiger partial charge on any atom is -0.385 e. The average Bonchev–Trinajstić information content (AvgIpc) is 2.19. The van der Waals surface area contributed by atoms with Crippen LogP contribution in [0, 0.1) is 0 Å². The van der Waals surface area contributed by atoms with Gasteiger partial charge in [0.25, 0.3) is 0 Å². The highest BCUT2D eigenvalue weighted by Crippen LogP contribution is 2.30. The van der Waals surface area contributed by atoms with Crippen LogP contribution in [0.4, 0.5) is 0 Å². The van der Waals surface area contributed by atoms with Gasteiger partial charge < -0.3 is 5.11 Å². The van der Waals surface area contributed by atoms with E-state index >= 15 is 0 Å². The third kappa shape index (κ3) is 1.77. The van der Waals surface area contributed by atoms with Crippen molar-refractivity contribution in [2.45, 2.75) is 24.9 Å². The summed E-state index contributed by atoms with van der Waals surface area (Å²) in [5.74, 6) is 0. The number of hydrogen-bond donors (Lipinski definition) is 1. The van der Waals surface area contributed by atoms with Crippen LogP contribution in [-0.2, 0) is 12.8 Å². The van der Waals surface area contributed by atoms with Gasteiger partial charge in [0, 0.05) is 10.9 Å². The molecule has 0 aromatic heterocycles. The number of fused-ring (bicyclic) bond motifs is 1. The van der Waals surface area contributed by atoms with E-state index < -0.39 is 5.60 Å². The Morgan fingerprint density at radius 1 is 1.43 bits per heavy atom. The van der Waals surface area contributed by atoms with Crippen LogP contribution in [0.5, 0.6) is 0 Å². The molecule has 0 saturated carbocycles. The lowest BCUT2D eigenvalue weighted by atomic mass is 9.81. The normalized spacial score (nSPS) is 25.6. The Hall–Kier alpha value is -0.600. The van der Waals surface area contributed by atoms with E-state index in [0.717, 1.165) is 17.3 Å². The van der Waals surface area contributed by atoms with Crippen LogP contribution in [0.25, 0.3) is 0 Å². The molecule has 0 radical (unpaired) electrons. The zero-order valence-corrected chi connectivity index (χ0v) is 9.55. The lowest BCUT2D eigenvalue weighted by molar-refractivity contribution is 0.0765. The van der Waals surface area contributed by atoms with Gasteiger partial charge in [-0.05, 0) is 36.1 Å². The second-order valence-corrected chi connectivity index (χ2v) is 4.81. The number of benzene rings is 1. The minimum absolute atomic E-state index is 0.694. The molecule has 0 spiro atoms. The van der Waals surface area contributed by atoms with Crippen molar-refractivity contribution in [2.75, 3.05) is 0 Å². The first-order valence-corrected chi connectivity index (χ1v) is 5.55. The van der Waals surface area contributed by atoms with Crippen molar-refractivity contribution in [2.24, 2.45) is 0 Å². The Kier molecular flexibility index (Phi) is 2.50. The third-order valence-corrected chi connectivity index (χ3v) is 3.37. The van der Waals surface area contributed by atoms with Gasteiger partial charge in [-0.3, -0.25) is 0 Å². The van der Waals surface area contributed by atoms with Crippen molar-refractivity contribution >= 4 is 15.9 Å². The van der Waals surface area contributed by atoms with Gasteiger partial charge in [-0.25, -0.2) is 0 Å². The minimum atomic E-state index is -0.694. The molecule has 1 N–H and O–H groups in total. The summed E-state index contributed by atoms with van der Waals surface area (Å²) in [6.45, 7) is 3.69. The Morgan fingerprint density at radius 2 is 2.21 bits per heavy atom. The van der Waals surface area contributed by atoms with E-state index in [0.29, 0.717) is 6.42 Å². The lowest BCUT2D eigenvalue weighted by Crippen LogP contribution is -2.33. The van der Waals surface area contributed by atoms with Crippen molar-refractivity contribution < 1.29 is 5.11 Å². The molecule has 0 saturated heterocycles. The van der Waals surface area contributed by atoms with Gasteiger partial charge in [0.05, 0.1) is 5.60 Å². The first-order chi connectivity index (χ1) is 6.63. The Balaban J connectivity index is 2.36. The summed E-state index contributed by atoms with van der Waals surface area (Å²) in [6, 6.07) is 6.23. The second-order valence-electron chi connectivity index (χ2n) is 3.90. The summed E-state index contributed by atoms with van der Waals surface area (Å²) in [5.41, 5.74) is 1.88. The van der Waals surface area contributed by atoms with Gasteiger partial charge >= 0.3 is 0 Å². The molecule has 1 nitrogen and oxygen atoms in total. The van der Waals surface area contributed by atoms with Crippen molar-refractivity contribution in [3.63, 3.8) is 0 Å². The van der Waals surface area contributed by atoms with Gasteiger partial charge in [0.1, 0.15) is 0 Å². The van der Waals surface area contributed by atoms with Gasteiger partial charge in [0.2, 0.25) is 0 Å². The van der Waals surface area contributed by atoms with Crippen LogP contribution < -0.4 is 0 Å². The first kappa shape index (κ1) is 9.94. The van der Waals surface area contributed by atoms with Crippen LogP contribution >= 0.6 is 15.9 Å². The van der Waals surface area contributed by atoms with Gasteiger partial charge in [0.15, 0.2) is 0 Å². The standard InChI is InChI=1S/C12H13BrO/c1-2-12(14)6-5-9-7-11(13)4-3-10(9)8-12/h2-4,7,14H,1,5-6,8H2. The topological polar surface area (TPSA) is 20.2 Å². The quantitative estimate of drug-likeness (QED) is 0.763. The number of hydrogen-bond acceptors (Lipinski definition) is 1. The van der Waals surface area contributed by atoms with E-state index in [2.05, 4.69) is 34.6 Å². The first-order valence-electron chi connectivity index (χ1n) is 4.76. The molecule has 0 aliphatic heterocycles. The smallest absolute Gasteiger partial charge is 0.0868 e. The molecule has 0 amide bonds. The summed E-state index contributed by atoms with van der Waals surface area (Å²) < 4.78 is 1.11. The van der Waals surface area contributed by atoms with E-state index in [9.17, 15) is 5.11 Å². The summed E-state index contributed by atoms with van der Waals surface area (Å²) in [4.78, 5) is 0. The molecule has 0 bridgehead atoms. The Labute approximate surface area is 92.6 Å². The molecular weight excluding hydrogens is 240 g/mol. The maximum Gasteiger partial charge on any atom is 0.0868 e. The molecule has 1 atom stereocenters. The van der Waals surface area contributed by atoms with E-state index in [1.165, 1.54) is 11.1 Å². The molecule has 2 heteroatoms. The van der Waals surface area contributed by atoms with Crippen LogP contribution in [0.1, 0.15) is 17.5 Å². The largest absolute Gasteiger partial charge is 0.385 e. The second kappa shape index (κ2) is 3.52. The highest BCUT2D eigenvalue weighted by Gasteiger charge is 2.28. The van der Waals surface area contributed by atoms with E-state index in [4.69, 9.17) is 0 Å². The monoisotopic (exact) mass is 252 g/mol. The molecule has 1 aliphatic rings. The molecule has 0 fully saturated rings. The molecule has 2 rings (SSSR count). The van der Waals surface area contributed by atoms with E-state index in [1.807, 2.05) is 6.07 Å². The molecule has 1 aliphatic carbocycles. The van der Waals surface area contributed by atoms with Gasteiger partial charge in [-0.2, -0.15) is 0 Å². The molecule has 1 aromatic carbocycles. The summed E-state index contributed by atoms with van der Waals surface area (Å²) in [5, 5.41) is 10.1. The highest BCUT2D eigenvalue weighted by atomic mass is 79.9. The molecular formula is C12H13BrO. The van der Waals surface area contributed by atoms with Gasteiger partial charge in [-0.15, -0.1) is 6.58 Å². The van der Waals surface area contributed by atoms with Crippen molar-refractivity contribution in [3.8, 4) is 0 Å². The lowest BCUT2D eigenvalue weighted by Gasteiger charge is -2.30. The fourth-order valence-electron chi connectivity index (χ4n) is 1.94. The van der Waals surface area contributed by atoms with Crippen LogP contribution in [0.2, 0.25) is 0 Å². The SMILES string of the molecule is C=CC1(O)CCc2cc(Br)ccc2C1. The van der Waals surface area contributed by atoms with Crippen molar-refractivity contribution in [3.05, 3.63) is 46.5 Å². The molecule has 14 heavy (non-hydrogen) atoms. The van der Waals surface area contributed by atoms with Crippen molar-refractivity contribution in [1.29, 1.82) is 0 Å². The zero-order valence-electron chi connectivity index (χ0n) is 7.96. The third-order valence-electron chi connectivity index (χ3n) is 2.87.